The number of anilines is 1. The number of hydrogen-bond donors (Lipinski definition) is 0. The summed E-state index contributed by atoms with van der Waals surface area (Å²) in [6.45, 7) is 2.01. The Balaban J connectivity index is 2.29. The van der Waals surface area contributed by atoms with E-state index >= 15 is 0 Å². The van der Waals surface area contributed by atoms with Gasteiger partial charge >= 0.3 is 0 Å². The van der Waals surface area contributed by atoms with Gasteiger partial charge in [0.15, 0.2) is 5.11 Å². The Morgan fingerprint density at radius 3 is 2.23 bits per heavy atom. The normalized spacial score (nSPS) is 9.95. The second-order valence-corrected chi connectivity index (χ2v) is 5.75. The molecule has 0 heterocycles. The van der Waals surface area contributed by atoms with Crippen molar-refractivity contribution < 1.29 is 4.74 Å². The van der Waals surface area contributed by atoms with E-state index in [9.17, 15) is 0 Å². The highest BCUT2D eigenvalue weighted by Gasteiger charge is 2.20. The maximum atomic E-state index is 5.83. The maximum absolute atomic E-state index is 5.83. The van der Waals surface area contributed by atoms with Crippen molar-refractivity contribution in [2.75, 3.05) is 19.0 Å². The van der Waals surface area contributed by atoms with E-state index in [2.05, 4.69) is 0 Å². The van der Waals surface area contributed by atoms with Crippen LogP contribution in [-0.4, -0.2) is 29.3 Å². The number of benzene rings is 2. The molecule has 22 heavy (non-hydrogen) atoms. The number of para-hydroxylation sites is 1. The molecule has 0 fully saturated rings. The topological polar surface area (TPSA) is 15.7 Å². The van der Waals surface area contributed by atoms with Crippen LogP contribution in [0.2, 0.25) is 0 Å². The van der Waals surface area contributed by atoms with Crippen LogP contribution in [0.15, 0.2) is 54.6 Å². The minimum atomic E-state index is 0.301. The Hall–Kier alpha value is -1.98. The highest BCUT2D eigenvalue weighted by molar-refractivity contribution is 7.82. The monoisotopic (exact) mass is 330 g/mol. The van der Waals surface area contributed by atoms with Crippen LogP contribution in [0.4, 0.5) is 5.69 Å². The van der Waals surface area contributed by atoms with E-state index in [4.69, 9.17) is 29.2 Å². The number of aryl methyl sites for hydroxylation is 1. The lowest BCUT2D eigenvalue weighted by molar-refractivity contribution is 0.548. The summed E-state index contributed by atoms with van der Waals surface area (Å²) in [7, 11) is 3.76. The largest absolute Gasteiger partial charge is 0.431 e. The van der Waals surface area contributed by atoms with Crippen molar-refractivity contribution in [2.45, 2.75) is 6.92 Å². The van der Waals surface area contributed by atoms with Crippen molar-refractivity contribution >= 4 is 40.4 Å². The van der Waals surface area contributed by atoms with E-state index in [1.807, 2.05) is 80.5 Å². The molecule has 0 saturated heterocycles. The third kappa shape index (κ3) is 4.02. The molecule has 0 atom stereocenters. The van der Waals surface area contributed by atoms with Gasteiger partial charge in [-0.15, -0.1) is 0 Å². The first-order valence-corrected chi connectivity index (χ1v) is 7.65. The van der Waals surface area contributed by atoms with Crippen molar-refractivity contribution in [2.24, 2.45) is 0 Å². The van der Waals surface area contributed by atoms with E-state index in [0.717, 1.165) is 11.3 Å². The summed E-state index contributed by atoms with van der Waals surface area (Å²) in [5.74, 6) is 0.701. The van der Waals surface area contributed by atoms with Gasteiger partial charge in [-0.3, -0.25) is 0 Å². The number of rotatable bonds is 2. The Bertz CT molecular complexity index is 671. The smallest absolute Gasteiger partial charge is 0.275 e. The quantitative estimate of drug-likeness (QED) is 0.771. The average Bonchev–Trinajstić information content (AvgIpc) is 2.48. The standard InChI is InChI=1S/C17H18N2OS2/c1-13-8-7-11-15(12-13)20-17(22)19(16(21)18(2)3)14-9-5-4-6-10-14/h4-12H,1-3H3. The summed E-state index contributed by atoms with van der Waals surface area (Å²) in [5.41, 5.74) is 1.99. The van der Waals surface area contributed by atoms with Crippen molar-refractivity contribution in [1.29, 1.82) is 0 Å². The fourth-order valence-electron chi connectivity index (χ4n) is 1.90. The molecule has 2 rings (SSSR count). The van der Waals surface area contributed by atoms with Crippen molar-refractivity contribution in [3.05, 3.63) is 60.2 Å². The van der Waals surface area contributed by atoms with E-state index in [0.29, 0.717) is 16.0 Å². The first-order chi connectivity index (χ1) is 10.5. The van der Waals surface area contributed by atoms with Crippen LogP contribution in [-0.2, 0) is 0 Å². The van der Waals surface area contributed by atoms with Gasteiger partial charge in [0.05, 0.1) is 5.69 Å². The fraction of sp³-hybridized carbons (Fsp3) is 0.176. The molecule has 3 nitrogen and oxygen atoms in total. The van der Waals surface area contributed by atoms with Gasteiger partial charge in [0.25, 0.3) is 5.17 Å². The van der Waals surface area contributed by atoms with Crippen LogP contribution in [0.3, 0.4) is 0 Å². The van der Waals surface area contributed by atoms with Crippen LogP contribution in [0.5, 0.6) is 5.75 Å². The Kier molecular flexibility index (Phi) is 5.46. The molecular formula is C17H18N2OS2. The Labute approximate surface area is 142 Å². The number of ether oxygens (including phenoxy) is 1. The predicted octanol–water partition coefficient (Wildman–Crippen LogP) is 4.01. The summed E-state index contributed by atoms with van der Waals surface area (Å²) in [6, 6.07) is 17.5. The SMILES string of the molecule is Cc1cccc(OC(=S)N(C(=S)N(C)C)c2ccccc2)c1. The van der Waals surface area contributed by atoms with E-state index in [1.165, 1.54) is 0 Å². The molecule has 2 aromatic carbocycles. The molecule has 0 bridgehead atoms. The lowest BCUT2D eigenvalue weighted by Gasteiger charge is -2.28. The van der Waals surface area contributed by atoms with Gasteiger partial charge in [-0.05, 0) is 61.2 Å². The maximum Gasteiger partial charge on any atom is 0.275 e. The molecule has 0 saturated carbocycles. The number of thiocarbonyl (C=S) groups is 2. The van der Waals surface area contributed by atoms with Gasteiger partial charge < -0.3 is 9.64 Å². The van der Waals surface area contributed by atoms with E-state index in [-0.39, 0.29) is 0 Å². The summed E-state index contributed by atoms with van der Waals surface area (Å²) >= 11 is 11.0. The van der Waals surface area contributed by atoms with Crippen molar-refractivity contribution in [3.63, 3.8) is 0 Å². The predicted molar refractivity (Wildman–Crippen MR) is 99.6 cm³/mol. The molecule has 0 aliphatic carbocycles. The van der Waals surface area contributed by atoms with Crippen LogP contribution in [0.1, 0.15) is 5.56 Å². The Morgan fingerprint density at radius 2 is 1.64 bits per heavy atom. The summed E-state index contributed by atoms with van der Waals surface area (Å²) < 4.78 is 5.83. The zero-order valence-corrected chi connectivity index (χ0v) is 14.4. The molecule has 0 amide bonds. The summed E-state index contributed by atoms with van der Waals surface area (Å²) in [5, 5.41) is 0.874. The van der Waals surface area contributed by atoms with Crippen LogP contribution in [0, 0.1) is 6.92 Å². The minimum Gasteiger partial charge on any atom is -0.431 e. The molecule has 0 aliphatic heterocycles. The van der Waals surface area contributed by atoms with Gasteiger partial charge in [0.2, 0.25) is 0 Å². The zero-order chi connectivity index (χ0) is 16.1. The zero-order valence-electron chi connectivity index (χ0n) is 12.8. The molecule has 5 heteroatoms. The van der Waals surface area contributed by atoms with E-state index in [1.54, 1.807) is 4.90 Å². The summed E-state index contributed by atoms with van der Waals surface area (Å²) in [6.07, 6.45) is 0. The molecular weight excluding hydrogens is 312 g/mol. The molecule has 0 aliphatic rings. The molecule has 0 radical (unpaired) electrons. The minimum absolute atomic E-state index is 0.301. The van der Waals surface area contributed by atoms with Crippen molar-refractivity contribution in [3.8, 4) is 5.75 Å². The third-order valence-electron chi connectivity index (χ3n) is 2.97. The van der Waals surface area contributed by atoms with Crippen LogP contribution in [0.25, 0.3) is 0 Å². The third-order valence-corrected chi connectivity index (χ3v) is 3.78. The first kappa shape index (κ1) is 16.4. The number of nitrogens with zero attached hydrogens (tertiary/aromatic N) is 2. The van der Waals surface area contributed by atoms with E-state index < -0.39 is 0 Å². The highest BCUT2D eigenvalue weighted by atomic mass is 32.1. The number of hydrogen-bond acceptors (Lipinski definition) is 3. The summed E-state index contributed by atoms with van der Waals surface area (Å²) in [4.78, 5) is 3.57. The molecule has 2 aromatic rings. The fourth-order valence-corrected chi connectivity index (χ4v) is 2.43. The molecule has 0 unspecified atom stereocenters. The average molecular weight is 330 g/mol. The first-order valence-electron chi connectivity index (χ1n) is 6.84. The molecule has 0 aromatic heterocycles. The van der Waals surface area contributed by atoms with Gasteiger partial charge in [-0.1, -0.05) is 30.3 Å². The molecule has 0 spiro atoms. The van der Waals surface area contributed by atoms with Crippen LogP contribution < -0.4 is 9.64 Å². The second kappa shape index (κ2) is 7.33. The van der Waals surface area contributed by atoms with Gasteiger partial charge in [-0.2, -0.15) is 0 Å². The van der Waals surface area contributed by atoms with Gasteiger partial charge in [0, 0.05) is 14.1 Å². The lowest BCUT2D eigenvalue weighted by Crippen LogP contribution is -2.44. The van der Waals surface area contributed by atoms with Crippen molar-refractivity contribution in [1.82, 2.24) is 4.90 Å². The molecule has 0 N–H and O–H groups in total. The van der Waals surface area contributed by atoms with Gasteiger partial charge in [-0.25, -0.2) is 4.90 Å². The van der Waals surface area contributed by atoms with Gasteiger partial charge in [0.1, 0.15) is 5.75 Å². The Morgan fingerprint density at radius 1 is 0.955 bits per heavy atom. The van der Waals surface area contributed by atoms with Crippen LogP contribution >= 0.6 is 24.4 Å². The lowest BCUT2D eigenvalue weighted by atomic mass is 10.2. The molecule has 114 valence electrons. The highest BCUT2D eigenvalue weighted by Crippen LogP contribution is 2.19. The second-order valence-electron chi connectivity index (χ2n) is 5.03.